The minimum Gasteiger partial charge on any atom is -0.508 e. The number of fused-ring (bicyclic) bond motifs is 1. The van der Waals surface area contributed by atoms with Crippen LogP contribution < -0.4 is 10.6 Å². The summed E-state index contributed by atoms with van der Waals surface area (Å²) < 4.78 is 4.95. The minimum absolute atomic E-state index is 0.0306. The number of anilines is 2. The van der Waals surface area contributed by atoms with E-state index in [9.17, 15) is 19.5 Å². The highest BCUT2D eigenvalue weighted by Crippen LogP contribution is 2.26. The molecule has 4 amide bonds. The molecule has 0 bridgehead atoms. The number of carbonyl (C=O) groups is 3. The maximum absolute atomic E-state index is 12.5. The van der Waals surface area contributed by atoms with E-state index in [1.165, 1.54) is 29.2 Å². The van der Waals surface area contributed by atoms with E-state index in [-0.39, 0.29) is 29.7 Å². The summed E-state index contributed by atoms with van der Waals surface area (Å²) in [5.74, 6) is -0.701. The zero-order chi connectivity index (χ0) is 19.4. The van der Waals surface area contributed by atoms with Crippen LogP contribution in [0, 0.1) is 0 Å². The lowest BCUT2D eigenvalue weighted by atomic mass is 10.1. The van der Waals surface area contributed by atoms with E-state index in [1.54, 1.807) is 25.3 Å². The zero-order valence-corrected chi connectivity index (χ0v) is 14.7. The number of amides is 4. The maximum atomic E-state index is 12.5. The predicted octanol–water partition coefficient (Wildman–Crippen LogP) is 2.67. The standard InChI is InChI=1S/C19H19N3O5/c1-27-9-3-8-22-17(24)15-7-6-13(11-16(15)18(22)25)21-19(26)20-12-4-2-5-14(23)10-12/h2,4-7,10-11,23H,3,8-9H2,1H3,(H2,20,21,26). The van der Waals surface area contributed by atoms with Crippen LogP contribution in [0.2, 0.25) is 0 Å². The van der Waals surface area contributed by atoms with Gasteiger partial charge in [-0.3, -0.25) is 14.5 Å². The molecule has 0 fully saturated rings. The molecule has 1 aliphatic heterocycles. The molecular weight excluding hydrogens is 350 g/mol. The van der Waals surface area contributed by atoms with Crippen molar-refractivity contribution < 1.29 is 24.2 Å². The fourth-order valence-corrected chi connectivity index (χ4v) is 2.82. The molecule has 8 heteroatoms. The topological polar surface area (TPSA) is 108 Å². The van der Waals surface area contributed by atoms with Gasteiger partial charge in [0.1, 0.15) is 5.75 Å². The molecule has 3 N–H and O–H groups in total. The molecule has 0 unspecified atom stereocenters. The Morgan fingerprint density at radius 2 is 1.74 bits per heavy atom. The molecule has 0 spiro atoms. The molecule has 0 aliphatic carbocycles. The van der Waals surface area contributed by atoms with Crippen LogP contribution in [-0.2, 0) is 4.74 Å². The van der Waals surface area contributed by atoms with E-state index in [0.717, 1.165) is 0 Å². The number of imide groups is 1. The van der Waals surface area contributed by atoms with Crippen LogP contribution in [0.25, 0.3) is 0 Å². The van der Waals surface area contributed by atoms with E-state index in [4.69, 9.17) is 4.74 Å². The van der Waals surface area contributed by atoms with Crippen LogP contribution in [0.15, 0.2) is 42.5 Å². The molecule has 1 heterocycles. The maximum Gasteiger partial charge on any atom is 0.323 e. The number of methoxy groups -OCH3 is 1. The van der Waals surface area contributed by atoms with Gasteiger partial charge < -0.3 is 20.5 Å². The molecular formula is C19H19N3O5. The van der Waals surface area contributed by atoms with Gasteiger partial charge >= 0.3 is 6.03 Å². The van der Waals surface area contributed by atoms with Gasteiger partial charge in [-0.15, -0.1) is 0 Å². The van der Waals surface area contributed by atoms with Gasteiger partial charge in [0.05, 0.1) is 11.1 Å². The Labute approximate surface area is 155 Å². The van der Waals surface area contributed by atoms with Crippen molar-refractivity contribution in [3.63, 3.8) is 0 Å². The first-order chi connectivity index (χ1) is 13.0. The number of aromatic hydroxyl groups is 1. The number of rotatable bonds is 6. The smallest absolute Gasteiger partial charge is 0.323 e. The van der Waals surface area contributed by atoms with Gasteiger partial charge in [0.25, 0.3) is 11.8 Å². The highest BCUT2D eigenvalue weighted by atomic mass is 16.5. The number of benzene rings is 2. The van der Waals surface area contributed by atoms with E-state index in [1.807, 2.05) is 0 Å². The summed E-state index contributed by atoms with van der Waals surface area (Å²) in [7, 11) is 1.56. The van der Waals surface area contributed by atoms with Crippen molar-refractivity contribution in [1.82, 2.24) is 4.90 Å². The van der Waals surface area contributed by atoms with E-state index < -0.39 is 6.03 Å². The third-order valence-electron chi connectivity index (χ3n) is 4.06. The molecule has 0 saturated carbocycles. The first-order valence-electron chi connectivity index (χ1n) is 8.36. The van der Waals surface area contributed by atoms with Gasteiger partial charge in [0.2, 0.25) is 0 Å². The van der Waals surface area contributed by atoms with Crippen LogP contribution in [0.5, 0.6) is 5.75 Å². The summed E-state index contributed by atoms with van der Waals surface area (Å²) >= 11 is 0. The summed E-state index contributed by atoms with van der Waals surface area (Å²) in [5.41, 5.74) is 1.37. The first kappa shape index (κ1) is 18.4. The van der Waals surface area contributed by atoms with Gasteiger partial charge in [-0.2, -0.15) is 0 Å². The third-order valence-corrected chi connectivity index (χ3v) is 4.06. The molecule has 8 nitrogen and oxygen atoms in total. The fourth-order valence-electron chi connectivity index (χ4n) is 2.82. The summed E-state index contributed by atoms with van der Waals surface area (Å²) in [6.07, 6.45) is 0.555. The Hall–Kier alpha value is -3.39. The molecule has 0 aromatic heterocycles. The number of urea groups is 1. The summed E-state index contributed by atoms with van der Waals surface area (Å²) in [6.45, 7) is 0.732. The summed E-state index contributed by atoms with van der Waals surface area (Å²) in [5, 5.41) is 14.6. The Bertz CT molecular complexity index is 897. The second-order valence-corrected chi connectivity index (χ2v) is 6.00. The van der Waals surface area contributed by atoms with Crippen LogP contribution in [-0.4, -0.2) is 48.1 Å². The first-order valence-corrected chi connectivity index (χ1v) is 8.36. The van der Waals surface area contributed by atoms with Crippen molar-refractivity contribution in [2.24, 2.45) is 0 Å². The average Bonchev–Trinajstić information content (AvgIpc) is 2.86. The lowest BCUT2D eigenvalue weighted by molar-refractivity contribution is 0.0638. The quantitative estimate of drug-likeness (QED) is 0.536. The monoisotopic (exact) mass is 369 g/mol. The number of phenolic OH excluding ortho intramolecular Hbond substituents is 1. The minimum atomic E-state index is -0.533. The Balaban J connectivity index is 1.69. The number of carbonyl (C=O) groups excluding carboxylic acids is 3. The Morgan fingerprint density at radius 3 is 2.44 bits per heavy atom. The highest BCUT2D eigenvalue weighted by Gasteiger charge is 2.35. The van der Waals surface area contributed by atoms with Crippen molar-refractivity contribution >= 4 is 29.2 Å². The molecule has 2 aromatic rings. The lowest BCUT2D eigenvalue weighted by Crippen LogP contribution is -2.31. The number of hydrogen-bond acceptors (Lipinski definition) is 5. The van der Waals surface area contributed by atoms with Gasteiger partial charge in [0, 0.05) is 37.7 Å². The van der Waals surface area contributed by atoms with Crippen molar-refractivity contribution in [3.8, 4) is 5.75 Å². The van der Waals surface area contributed by atoms with Gasteiger partial charge in [0.15, 0.2) is 0 Å². The van der Waals surface area contributed by atoms with Gasteiger partial charge in [-0.05, 0) is 36.8 Å². The average molecular weight is 369 g/mol. The number of hydrogen-bond donors (Lipinski definition) is 3. The molecule has 27 heavy (non-hydrogen) atoms. The van der Waals surface area contributed by atoms with Crippen LogP contribution in [0.1, 0.15) is 27.1 Å². The molecule has 1 aliphatic rings. The lowest BCUT2D eigenvalue weighted by Gasteiger charge is -2.12. The van der Waals surface area contributed by atoms with Gasteiger partial charge in [-0.1, -0.05) is 6.07 Å². The normalized spacial score (nSPS) is 12.9. The zero-order valence-electron chi connectivity index (χ0n) is 14.7. The van der Waals surface area contributed by atoms with Crippen LogP contribution >= 0.6 is 0 Å². The number of ether oxygens (including phenoxy) is 1. The van der Waals surface area contributed by atoms with E-state index in [2.05, 4.69) is 10.6 Å². The number of phenols is 1. The van der Waals surface area contributed by atoms with Crippen molar-refractivity contribution in [1.29, 1.82) is 0 Å². The van der Waals surface area contributed by atoms with E-state index >= 15 is 0 Å². The second kappa shape index (κ2) is 7.88. The molecule has 0 radical (unpaired) electrons. The van der Waals surface area contributed by atoms with Gasteiger partial charge in [-0.25, -0.2) is 4.79 Å². The molecule has 140 valence electrons. The molecule has 0 saturated heterocycles. The number of nitrogens with zero attached hydrogens (tertiary/aromatic N) is 1. The highest BCUT2D eigenvalue weighted by molar-refractivity contribution is 6.22. The molecule has 2 aromatic carbocycles. The SMILES string of the molecule is COCCCN1C(=O)c2ccc(NC(=O)Nc3cccc(O)c3)cc2C1=O. The predicted molar refractivity (Wildman–Crippen MR) is 99.1 cm³/mol. The third kappa shape index (κ3) is 4.06. The fraction of sp³-hybridized carbons (Fsp3) is 0.211. The van der Waals surface area contributed by atoms with Crippen molar-refractivity contribution in [3.05, 3.63) is 53.6 Å². The Morgan fingerprint density at radius 1 is 1.04 bits per heavy atom. The largest absolute Gasteiger partial charge is 0.508 e. The van der Waals surface area contributed by atoms with Crippen LogP contribution in [0.4, 0.5) is 16.2 Å². The van der Waals surface area contributed by atoms with Crippen molar-refractivity contribution in [2.75, 3.05) is 30.9 Å². The molecule has 0 atom stereocenters. The second-order valence-electron chi connectivity index (χ2n) is 6.00. The van der Waals surface area contributed by atoms with Crippen molar-refractivity contribution in [2.45, 2.75) is 6.42 Å². The summed E-state index contributed by atoms with van der Waals surface area (Å²) in [6, 6.07) is 10.2. The van der Waals surface area contributed by atoms with E-state index in [0.29, 0.717) is 30.0 Å². The van der Waals surface area contributed by atoms with Crippen LogP contribution in [0.3, 0.4) is 0 Å². The summed E-state index contributed by atoms with van der Waals surface area (Å²) in [4.78, 5) is 38.1. The molecule has 3 rings (SSSR count). The Kier molecular flexibility index (Phi) is 5.37. The number of nitrogens with one attached hydrogen (secondary N) is 2.